The van der Waals surface area contributed by atoms with Crippen molar-refractivity contribution < 1.29 is 36.3 Å². The van der Waals surface area contributed by atoms with E-state index in [0.717, 1.165) is 4.90 Å². The Hall–Kier alpha value is -3.76. The molecule has 2 aromatic carbocycles. The van der Waals surface area contributed by atoms with Gasteiger partial charge in [0.25, 0.3) is 0 Å². The Morgan fingerprint density at radius 3 is 1.85 bits per heavy atom. The van der Waals surface area contributed by atoms with E-state index >= 15 is 0 Å². The van der Waals surface area contributed by atoms with Gasteiger partial charge in [0.05, 0.1) is 0 Å². The van der Waals surface area contributed by atoms with Crippen LogP contribution in [0.15, 0.2) is 42.5 Å². The molecule has 1 N–H and O–H groups in total. The van der Waals surface area contributed by atoms with Crippen LogP contribution in [0.1, 0.15) is 38.3 Å². The number of carbonyl (C=O) groups is 3. The molecule has 0 aromatic heterocycles. The molecular weight excluding hydrogens is 533 g/mol. The first-order valence-corrected chi connectivity index (χ1v) is 12.6. The van der Waals surface area contributed by atoms with Gasteiger partial charge in [-0.05, 0) is 23.5 Å². The summed E-state index contributed by atoms with van der Waals surface area (Å²) < 4.78 is 70.2. The molecule has 0 fully saturated rings. The number of carbonyl (C=O) groups excluding carboxylic acids is 3. The van der Waals surface area contributed by atoms with Crippen LogP contribution in [0.2, 0.25) is 0 Å². The quantitative estimate of drug-likeness (QED) is 0.198. The number of rotatable bonds is 10. The molecule has 6 nitrogen and oxygen atoms in total. The van der Waals surface area contributed by atoms with E-state index in [-0.39, 0.29) is 11.8 Å². The van der Waals surface area contributed by atoms with Crippen molar-refractivity contribution in [3.8, 4) is 0 Å². The van der Waals surface area contributed by atoms with Crippen LogP contribution in [0.25, 0.3) is 0 Å². The summed E-state index contributed by atoms with van der Waals surface area (Å²) in [6.45, 7) is 5.98. The van der Waals surface area contributed by atoms with Crippen molar-refractivity contribution in [3.05, 3.63) is 82.7 Å². The number of benzene rings is 2. The second kappa shape index (κ2) is 13.5. The molecule has 2 atom stereocenters. The molecule has 0 spiro atoms. The summed E-state index contributed by atoms with van der Waals surface area (Å²) in [6, 6.07) is 5.89. The fraction of sp³-hybridized carbons (Fsp3) is 0.414. The minimum Gasteiger partial charge on any atom is -0.357 e. The summed E-state index contributed by atoms with van der Waals surface area (Å²) in [4.78, 5) is 41.6. The van der Waals surface area contributed by atoms with E-state index in [9.17, 15) is 36.3 Å². The van der Waals surface area contributed by atoms with Gasteiger partial charge in [0, 0.05) is 39.5 Å². The third-order valence-electron chi connectivity index (χ3n) is 6.43. The first-order valence-electron chi connectivity index (χ1n) is 12.6. The average Bonchev–Trinajstić information content (AvgIpc) is 2.92. The maximum absolute atomic E-state index is 14.5. The molecule has 0 aliphatic heterocycles. The summed E-state index contributed by atoms with van der Waals surface area (Å²) in [6.07, 6.45) is 2.63. The topological polar surface area (TPSA) is 69.7 Å². The lowest BCUT2D eigenvalue weighted by Crippen LogP contribution is -2.55. The van der Waals surface area contributed by atoms with Crippen LogP contribution in [0, 0.1) is 34.5 Å². The van der Waals surface area contributed by atoms with E-state index in [4.69, 9.17) is 0 Å². The van der Waals surface area contributed by atoms with Crippen molar-refractivity contribution in [2.45, 2.75) is 52.1 Å². The fourth-order valence-electron chi connectivity index (χ4n) is 4.00. The molecule has 0 saturated heterocycles. The molecule has 0 heterocycles. The highest BCUT2D eigenvalue weighted by Gasteiger charge is 2.37. The highest BCUT2D eigenvalue weighted by atomic mass is 19.2. The lowest BCUT2D eigenvalue weighted by molar-refractivity contribution is -0.146. The molecule has 0 aliphatic carbocycles. The van der Waals surface area contributed by atoms with Crippen molar-refractivity contribution in [3.63, 3.8) is 0 Å². The minimum atomic E-state index is -2.33. The van der Waals surface area contributed by atoms with E-state index in [1.54, 1.807) is 36.4 Å². The van der Waals surface area contributed by atoms with Crippen molar-refractivity contribution in [2.24, 2.45) is 5.41 Å². The summed E-state index contributed by atoms with van der Waals surface area (Å²) in [5.41, 5.74) is -0.637. The number of allylic oxidation sites excluding steroid dienone is 1. The van der Waals surface area contributed by atoms with Crippen molar-refractivity contribution in [1.29, 1.82) is 0 Å². The molecule has 0 aliphatic rings. The van der Waals surface area contributed by atoms with Gasteiger partial charge in [-0.1, -0.05) is 57.2 Å². The third-order valence-corrected chi connectivity index (χ3v) is 6.43. The van der Waals surface area contributed by atoms with Gasteiger partial charge in [-0.2, -0.15) is 0 Å². The zero-order chi connectivity index (χ0) is 30.4. The van der Waals surface area contributed by atoms with E-state index in [2.05, 4.69) is 5.32 Å². The van der Waals surface area contributed by atoms with Crippen LogP contribution in [0.4, 0.5) is 22.0 Å². The van der Waals surface area contributed by atoms with E-state index in [1.165, 1.54) is 32.1 Å². The fourth-order valence-corrected chi connectivity index (χ4v) is 4.00. The Balaban J connectivity index is 2.48. The van der Waals surface area contributed by atoms with Crippen LogP contribution in [-0.2, 0) is 27.2 Å². The number of likely N-dealkylation sites (N-methyl/N-ethyl adjacent to an activating group) is 3. The second-order valence-electron chi connectivity index (χ2n) is 10.7. The predicted octanol–water partition coefficient (Wildman–Crippen LogP) is 4.56. The predicted molar refractivity (Wildman–Crippen MR) is 140 cm³/mol. The van der Waals surface area contributed by atoms with Crippen LogP contribution in [0.5, 0.6) is 0 Å². The zero-order valence-corrected chi connectivity index (χ0v) is 23.3. The normalized spacial score (nSPS) is 13.2. The number of amides is 3. The Labute approximate surface area is 230 Å². The molecule has 2 rings (SSSR count). The SMILES string of the molecule is CNC(=O)[C@@H](Cc1c(F)c(F)c(F)c(F)c1F)N(C)C(=O)[C@@H](Cc1ccccc1)N(C)C(=O)/C=C/CC(C)(C)C. The number of hydrogen-bond donors (Lipinski definition) is 1. The summed E-state index contributed by atoms with van der Waals surface area (Å²) in [5.74, 6) is -13.0. The maximum atomic E-state index is 14.5. The van der Waals surface area contributed by atoms with E-state index in [1.807, 2.05) is 20.8 Å². The van der Waals surface area contributed by atoms with Crippen LogP contribution in [-0.4, -0.2) is 60.7 Å². The lowest BCUT2D eigenvalue weighted by Gasteiger charge is -2.34. The van der Waals surface area contributed by atoms with Gasteiger partial charge in [-0.25, -0.2) is 22.0 Å². The second-order valence-corrected chi connectivity index (χ2v) is 10.7. The monoisotopic (exact) mass is 567 g/mol. The molecule has 0 radical (unpaired) electrons. The number of nitrogens with one attached hydrogen (secondary N) is 1. The number of halogens is 5. The lowest BCUT2D eigenvalue weighted by atomic mass is 9.92. The Bertz CT molecular complexity index is 1230. The van der Waals surface area contributed by atoms with Gasteiger partial charge in [0.15, 0.2) is 23.3 Å². The maximum Gasteiger partial charge on any atom is 0.246 e. The first-order chi connectivity index (χ1) is 18.6. The highest BCUT2D eigenvalue weighted by Crippen LogP contribution is 2.26. The van der Waals surface area contributed by atoms with Crippen molar-refractivity contribution in [1.82, 2.24) is 15.1 Å². The Kier molecular flexibility index (Phi) is 11.0. The molecule has 0 bridgehead atoms. The van der Waals surface area contributed by atoms with Gasteiger partial charge >= 0.3 is 0 Å². The van der Waals surface area contributed by atoms with Gasteiger partial charge in [-0.3, -0.25) is 14.4 Å². The third kappa shape index (κ3) is 7.89. The molecule has 0 unspecified atom stereocenters. The molecule has 3 amide bonds. The largest absolute Gasteiger partial charge is 0.357 e. The minimum absolute atomic E-state index is 0.0301. The van der Waals surface area contributed by atoms with Crippen LogP contribution < -0.4 is 5.32 Å². The van der Waals surface area contributed by atoms with Crippen molar-refractivity contribution in [2.75, 3.05) is 21.1 Å². The summed E-state index contributed by atoms with van der Waals surface area (Å²) >= 11 is 0. The molecule has 11 heteroatoms. The average molecular weight is 568 g/mol. The summed E-state index contributed by atoms with van der Waals surface area (Å²) in [5, 5.41) is 2.25. The standard InChI is InChI=1S/C29H34F5N3O3/c1-29(2,3)14-10-13-21(38)36(5)20(15-17-11-8-7-9-12-17)28(40)37(6)19(27(39)35-4)16-18-22(30)24(32)26(34)25(33)23(18)31/h7-13,19-20H,14-16H2,1-6H3,(H,35,39)/b13-10+/t19-,20-/m1/s1. The first kappa shape index (κ1) is 32.5. The van der Waals surface area contributed by atoms with Gasteiger partial charge in [0.1, 0.15) is 12.1 Å². The van der Waals surface area contributed by atoms with Gasteiger partial charge < -0.3 is 15.1 Å². The van der Waals surface area contributed by atoms with Crippen LogP contribution in [0.3, 0.4) is 0 Å². The van der Waals surface area contributed by atoms with Crippen LogP contribution >= 0.6 is 0 Å². The van der Waals surface area contributed by atoms with E-state index < -0.39 is 70.9 Å². The molecule has 218 valence electrons. The van der Waals surface area contributed by atoms with Gasteiger partial charge in [0.2, 0.25) is 23.5 Å². The molecule has 0 saturated carbocycles. The Morgan fingerprint density at radius 2 is 1.35 bits per heavy atom. The highest BCUT2D eigenvalue weighted by molar-refractivity contribution is 5.95. The van der Waals surface area contributed by atoms with Gasteiger partial charge in [-0.15, -0.1) is 0 Å². The number of hydrogen-bond acceptors (Lipinski definition) is 3. The van der Waals surface area contributed by atoms with Crippen molar-refractivity contribution >= 4 is 17.7 Å². The van der Waals surface area contributed by atoms with E-state index in [0.29, 0.717) is 12.0 Å². The zero-order valence-electron chi connectivity index (χ0n) is 23.3. The summed E-state index contributed by atoms with van der Waals surface area (Å²) in [7, 11) is 3.77. The molecule has 2 aromatic rings. The Morgan fingerprint density at radius 1 is 0.825 bits per heavy atom. The smallest absolute Gasteiger partial charge is 0.246 e. The number of nitrogens with zero attached hydrogens (tertiary/aromatic N) is 2. The molecular formula is C29H34F5N3O3. The molecule has 40 heavy (non-hydrogen) atoms.